The maximum Gasteiger partial charge on any atom is 0.119 e. The van der Waals surface area contributed by atoms with E-state index in [0.717, 1.165) is 18.8 Å². The van der Waals surface area contributed by atoms with Crippen molar-refractivity contribution in [3.05, 3.63) is 42.5 Å². The lowest BCUT2D eigenvalue weighted by Crippen LogP contribution is -2.01. The number of hydrogen-bond donors (Lipinski definition) is 0. The van der Waals surface area contributed by atoms with Gasteiger partial charge in [0.2, 0.25) is 0 Å². The van der Waals surface area contributed by atoms with Gasteiger partial charge in [0.1, 0.15) is 5.75 Å². The minimum Gasteiger partial charge on any atom is -0.494 e. The fourth-order valence-corrected chi connectivity index (χ4v) is 1.67. The average molecular weight is 214 g/mol. The predicted molar refractivity (Wildman–Crippen MR) is 68.9 cm³/mol. The molecule has 0 unspecified atom stereocenters. The first-order valence-electron chi connectivity index (χ1n) is 5.87. The van der Waals surface area contributed by atoms with E-state index in [1.165, 1.54) is 10.8 Å². The summed E-state index contributed by atoms with van der Waals surface area (Å²) >= 11 is 0. The first-order chi connectivity index (χ1) is 7.75. The highest BCUT2D eigenvalue weighted by atomic mass is 16.5. The Hall–Kier alpha value is -1.50. The molecule has 0 saturated heterocycles. The summed E-state index contributed by atoms with van der Waals surface area (Å²) in [5.74, 6) is 1.67. The van der Waals surface area contributed by atoms with Gasteiger partial charge in [-0.05, 0) is 35.2 Å². The molecule has 0 bridgehead atoms. The number of benzene rings is 2. The van der Waals surface area contributed by atoms with Crippen molar-refractivity contribution in [2.24, 2.45) is 5.92 Å². The van der Waals surface area contributed by atoms with Crippen LogP contribution in [0.2, 0.25) is 0 Å². The van der Waals surface area contributed by atoms with Crippen LogP contribution < -0.4 is 4.74 Å². The largest absolute Gasteiger partial charge is 0.494 e. The zero-order chi connectivity index (χ0) is 11.4. The van der Waals surface area contributed by atoms with Crippen LogP contribution in [0.25, 0.3) is 10.8 Å². The molecule has 0 N–H and O–H groups in total. The van der Waals surface area contributed by atoms with Gasteiger partial charge in [0, 0.05) is 0 Å². The monoisotopic (exact) mass is 214 g/mol. The maximum absolute atomic E-state index is 5.72. The van der Waals surface area contributed by atoms with Crippen molar-refractivity contribution in [3.8, 4) is 5.75 Å². The van der Waals surface area contributed by atoms with Crippen LogP contribution >= 0.6 is 0 Å². The van der Waals surface area contributed by atoms with Gasteiger partial charge in [0.05, 0.1) is 6.61 Å². The molecule has 0 aliphatic carbocycles. The minimum absolute atomic E-state index is 0.695. The van der Waals surface area contributed by atoms with Gasteiger partial charge in [-0.15, -0.1) is 0 Å². The minimum atomic E-state index is 0.695. The molecular formula is C15H18O. The number of ether oxygens (including phenoxy) is 1. The third kappa shape index (κ3) is 2.75. The van der Waals surface area contributed by atoms with Crippen LogP contribution in [0.3, 0.4) is 0 Å². The van der Waals surface area contributed by atoms with Crippen molar-refractivity contribution in [3.63, 3.8) is 0 Å². The van der Waals surface area contributed by atoms with Crippen LogP contribution in [0, 0.1) is 5.92 Å². The fraction of sp³-hybridized carbons (Fsp3) is 0.333. The highest BCUT2D eigenvalue weighted by molar-refractivity contribution is 5.83. The smallest absolute Gasteiger partial charge is 0.119 e. The Labute approximate surface area is 97.1 Å². The molecule has 2 rings (SSSR count). The highest BCUT2D eigenvalue weighted by Crippen LogP contribution is 2.20. The zero-order valence-corrected chi connectivity index (χ0v) is 9.94. The van der Waals surface area contributed by atoms with Crippen LogP contribution in [-0.2, 0) is 0 Å². The Kier molecular flexibility index (Phi) is 3.45. The normalized spacial score (nSPS) is 10.9. The van der Waals surface area contributed by atoms with Gasteiger partial charge in [-0.1, -0.05) is 44.2 Å². The quantitative estimate of drug-likeness (QED) is 0.738. The summed E-state index contributed by atoms with van der Waals surface area (Å²) in [5, 5.41) is 2.50. The van der Waals surface area contributed by atoms with Gasteiger partial charge in [0.25, 0.3) is 0 Å². The summed E-state index contributed by atoms with van der Waals surface area (Å²) in [6, 6.07) is 14.6. The fourth-order valence-electron chi connectivity index (χ4n) is 1.67. The summed E-state index contributed by atoms with van der Waals surface area (Å²) in [7, 11) is 0. The topological polar surface area (TPSA) is 9.23 Å². The van der Waals surface area contributed by atoms with Crippen molar-refractivity contribution in [2.75, 3.05) is 6.61 Å². The van der Waals surface area contributed by atoms with E-state index in [0.29, 0.717) is 5.92 Å². The zero-order valence-electron chi connectivity index (χ0n) is 9.94. The Morgan fingerprint density at radius 2 is 1.75 bits per heavy atom. The van der Waals surface area contributed by atoms with E-state index < -0.39 is 0 Å². The SMILES string of the molecule is CC(C)CCOc1ccc2ccccc2c1. The molecule has 0 spiro atoms. The Balaban J connectivity index is 2.08. The first-order valence-corrected chi connectivity index (χ1v) is 5.87. The van der Waals surface area contributed by atoms with Gasteiger partial charge in [-0.3, -0.25) is 0 Å². The third-order valence-corrected chi connectivity index (χ3v) is 2.68. The Morgan fingerprint density at radius 3 is 2.50 bits per heavy atom. The summed E-state index contributed by atoms with van der Waals surface area (Å²) in [6.07, 6.45) is 1.10. The predicted octanol–water partition coefficient (Wildman–Crippen LogP) is 4.26. The standard InChI is InChI=1S/C15H18O/c1-12(2)9-10-16-15-8-7-13-5-3-4-6-14(13)11-15/h3-8,11-12H,9-10H2,1-2H3. The highest BCUT2D eigenvalue weighted by Gasteiger charge is 1.98. The van der Waals surface area contributed by atoms with Crippen LogP contribution in [0.5, 0.6) is 5.75 Å². The molecule has 0 heterocycles. The van der Waals surface area contributed by atoms with Crippen molar-refractivity contribution in [1.82, 2.24) is 0 Å². The summed E-state index contributed by atoms with van der Waals surface area (Å²) < 4.78 is 5.72. The third-order valence-electron chi connectivity index (χ3n) is 2.68. The van der Waals surface area contributed by atoms with Gasteiger partial charge in [-0.25, -0.2) is 0 Å². The van der Waals surface area contributed by atoms with Crippen LogP contribution in [0.1, 0.15) is 20.3 Å². The number of fused-ring (bicyclic) bond motifs is 1. The molecule has 0 fully saturated rings. The molecule has 1 nitrogen and oxygen atoms in total. The van der Waals surface area contributed by atoms with Crippen molar-refractivity contribution < 1.29 is 4.74 Å². The molecule has 1 heteroatoms. The second-order valence-electron chi connectivity index (χ2n) is 4.54. The van der Waals surface area contributed by atoms with E-state index in [-0.39, 0.29) is 0 Å². The van der Waals surface area contributed by atoms with Crippen LogP contribution in [0.4, 0.5) is 0 Å². The molecule has 0 saturated carbocycles. The van der Waals surface area contributed by atoms with Crippen LogP contribution in [-0.4, -0.2) is 6.61 Å². The lowest BCUT2D eigenvalue weighted by molar-refractivity contribution is 0.290. The summed E-state index contributed by atoms with van der Waals surface area (Å²) in [6.45, 7) is 5.23. The molecular weight excluding hydrogens is 196 g/mol. The molecule has 84 valence electrons. The van der Waals surface area contributed by atoms with E-state index in [1.807, 2.05) is 6.07 Å². The molecule has 0 radical (unpaired) electrons. The molecule has 2 aromatic carbocycles. The van der Waals surface area contributed by atoms with Crippen molar-refractivity contribution in [1.29, 1.82) is 0 Å². The second-order valence-corrected chi connectivity index (χ2v) is 4.54. The van der Waals surface area contributed by atoms with E-state index in [2.05, 4.69) is 50.2 Å². The van der Waals surface area contributed by atoms with E-state index in [1.54, 1.807) is 0 Å². The Morgan fingerprint density at radius 1 is 1.00 bits per heavy atom. The van der Waals surface area contributed by atoms with Crippen molar-refractivity contribution >= 4 is 10.8 Å². The summed E-state index contributed by atoms with van der Waals surface area (Å²) in [4.78, 5) is 0. The lowest BCUT2D eigenvalue weighted by atomic mass is 10.1. The Bertz CT molecular complexity index is 460. The average Bonchev–Trinajstić information content (AvgIpc) is 2.28. The van der Waals surface area contributed by atoms with E-state index in [9.17, 15) is 0 Å². The van der Waals surface area contributed by atoms with Gasteiger partial charge < -0.3 is 4.74 Å². The maximum atomic E-state index is 5.72. The molecule has 0 aliphatic rings. The van der Waals surface area contributed by atoms with Crippen molar-refractivity contribution in [2.45, 2.75) is 20.3 Å². The molecule has 0 amide bonds. The van der Waals surface area contributed by atoms with Gasteiger partial charge in [-0.2, -0.15) is 0 Å². The van der Waals surface area contributed by atoms with E-state index >= 15 is 0 Å². The molecule has 0 atom stereocenters. The molecule has 0 aliphatic heterocycles. The molecule has 2 aromatic rings. The molecule has 16 heavy (non-hydrogen) atoms. The number of rotatable bonds is 4. The first kappa shape index (κ1) is 11.0. The summed E-state index contributed by atoms with van der Waals surface area (Å²) in [5.41, 5.74) is 0. The van der Waals surface area contributed by atoms with Gasteiger partial charge in [0.15, 0.2) is 0 Å². The molecule has 0 aromatic heterocycles. The van der Waals surface area contributed by atoms with Gasteiger partial charge >= 0.3 is 0 Å². The van der Waals surface area contributed by atoms with Crippen LogP contribution in [0.15, 0.2) is 42.5 Å². The lowest BCUT2D eigenvalue weighted by Gasteiger charge is -2.08. The number of hydrogen-bond acceptors (Lipinski definition) is 1. The second kappa shape index (κ2) is 5.02. The van der Waals surface area contributed by atoms with E-state index in [4.69, 9.17) is 4.74 Å².